The van der Waals surface area contributed by atoms with E-state index in [2.05, 4.69) is 22.0 Å². The lowest BCUT2D eigenvalue weighted by Gasteiger charge is -2.32. The molecule has 3 heterocycles. The second kappa shape index (κ2) is 8.61. The Hall–Kier alpha value is -2.27. The molecule has 27 heavy (non-hydrogen) atoms. The average Bonchev–Trinajstić information content (AvgIpc) is 2.71. The fourth-order valence-electron chi connectivity index (χ4n) is 3.36. The average molecular weight is 380 g/mol. The number of ether oxygens (including phenoxy) is 1. The molecule has 0 spiro atoms. The molecule has 4 rings (SSSR count). The molecule has 1 saturated heterocycles. The topological polar surface area (TPSA) is 38.2 Å². The van der Waals surface area contributed by atoms with E-state index in [1.807, 2.05) is 54.7 Å². The van der Waals surface area contributed by atoms with Gasteiger partial charge in [0.2, 0.25) is 0 Å². The summed E-state index contributed by atoms with van der Waals surface area (Å²) in [7, 11) is 0. The van der Waals surface area contributed by atoms with Gasteiger partial charge in [-0.2, -0.15) is 0 Å². The van der Waals surface area contributed by atoms with Gasteiger partial charge in [0, 0.05) is 43.0 Å². The largest absolute Gasteiger partial charge is 0.369 e. The van der Waals surface area contributed by atoms with E-state index < -0.39 is 0 Å². The highest BCUT2D eigenvalue weighted by atomic mass is 35.5. The van der Waals surface area contributed by atoms with Crippen molar-refractivity contribution in [1.82, 2.24) is 14.9 Å². The van der Waals surface area contributed by atoms with Crippen LogP contribution in [0, 0.1) is 0 Å². The van der Waals surface area contributed by atoms with Crippen molar-refractivity contribution in [2.75, 3.05) is 19.7 Å². The number of rotatable bonds is 5. The van der Waals surface area contributed by atoms with Crippen LogP contribution in [0.5, 0.6) is 0 Å². The van der Waals surface area contributed by atoms with Crippen LogP contribution in [-0.4, -0.2) is 34.6 Å². The van der Waals surface area contributed by atoms with Gasteiger partial charge in [0.25, 0.3) is 0 Å². The van der Waals surface area contributed by atoms with E-state index in [1.165, 1.54) is 0 Å². The number of morpholine rings is 1. The van der Waals surface area contributed by atoms with Gasteiger partial charge in [-0.3, -0.25) is 14.9 Å². The fraction of sp³-hybridized carbons (Fsp3) is 0.273. The first-order valence-corrected chi connectivity index (χ1v) is 9.59. The molecule has 0 bridgehead atoms. The van der Waals surface area contributed by atoms with E-state index in [9.17, 15) is 0 Å². The Morgan fingerprint density at radius 3 is 2.70 bits per heavy atom. The minimum atomic E-state index is -0.0198. The molecule has 2 aromatic heterocycles. The van der Waals surface area contributed by atoms with Crippen LogP contribution in [0.25, 0.3) is 0 Å². The standard InChI is InChI=1S/C22H22ClN3O/c23-20-9-2-1-6-17(20)14-18-8-5-10-21(25-18)22-16-26(12-13-27-22)15-19-7-3-4-11-24-19/h1-11,22H,12-16H2/t22-/m1/s1. The molecule has 0 unspecified atom stereocenters. The van der Waals surface area contributed by atoms with Crippen LogP contribution in [0.3, 0.4) is 0 Å². The summed E-state index contributed by atoms with van der Waals surface area (Å²) in [5.41, 5.74) is 4.15. The number of hydrogen-bond acceptors (Lipinski definition) is 4. The molecule has 1 aliphatic rings. The second-order valence-corrected chi connectivity index (χ2v) is 7.14. The molecule has 0 amide bonds. The lowest BCUT2D eigenvalue weighted by molar-refractivity contribution is -0.0354. The molecular weight excluding hydrogens is 358 g/mol. The van der Waals surface area contributed by atoms with Crippen molar-refractivity contribution >= 4 is 11.6 Å². The minimum absolute atomic E-state index is 0.0198. The van der Waals surface area contributed by atoms with Gasteiger partial charge in [0.1, 0.15) is 6.10 Å². The Balaban J connectivity index is 1.45. The molecule has 4 nitrogen and oxygen atoms in total. The molecule has 1 aromatic carbocycles. The van der Waals surface area contributed by atoms with Crippen LogP contribution in [0.2, 0.25) is 5.02 Å². The van der Waals surface area contributed by atoms with Crippen molar-refractivity contribution in [3.8, 4) is 0 Å². The Kier molecular flexibility index (Phi) is 5.78. The Labute approximate surface area is 164 Å². The van der Waals surface area contributed by atoms with Gasteiger partial charge in [-0.15, -0.1) is 0 Å². The Bertz CT molecular complexity index is 887. The van der Waals surface area contributed by atoms with Gasteiger partial charge in [-0.05, 0) is 35.9 Å². The molecule has 138 valence electrons. The molecule has 5 heteroatoms. The first-order chi connectivity index (χ1) is 13.3. The van der Waals surface area contributed by atoms with Gasteiger partial charge >= 0.3 is 0 Å². The number of halogens is 1. The third-order valence-electron chi connectivity index (χ3n) is 4.75. The number of benzene rings is 1. The lowest BCUT2D eigenvalue weighted by atomic mass is 10.1. The number of nitrogens with zero attached hydrogens (tertiary/aromatic N) is 3. The second-order valence-electron chi connectivity index (χ2n) is 6.74. The highest BCUT2D eigenvalue weighted by Gasteiger charge is 2.23. The monoisotopic (exact) mass is 379 g/mol. The van der Waals surface area contributed by atoms with E-state index in [4.69, 9.17) is 21.3 Å². The highest BCUT2D eigenvalue weighted by Crippen LogP contribution is 2.23. The minimum Gasteiger partial charge on any atom is -0.369 e. The van der Waals surface area contributed by atoms with E-state index >= 15 is 0 Å². The number of hydrogen-bond donors (Lipinski definition) is 0. The number of aromatic nitrogens is 2. The first-order valence-electron chi connectivity index (χ1n) is 9.21. The molecule has 0 radical (unpaired) electrons. The quantitative estimate of drug-likeness (QED) is 0.662. The number of pyridine rings is 2. The van der Waals surface area contributed by atoms with E-state index in [1.54, 1.807) is 0 Å². The van der Waals surface area contributed by atoms with Crippen LogP contribution in [0.15, 0.2) is 66.9 Å². The SMILES string of the molecule is Clc1ccccc1Cc1cccc([C@H]2CN(Cc3ccccn3)CCO2)n1. The molecular formula is C22H22ClN3O. The first kappa shape index (κ1) is 18.1. The smallest absolute Gasteiger partial charge is 0.112 e. The summed E-state index contributed by atoms with van der Waals surface area (Å²) < 4.78 is 6.01. The zero-order valence-corrected chi connectivity index (χ0v) is 15.8. The van der Waals surface area contributed by atoms with Crippen LogP contribution >= 0.6 is 11.6 Å². The summed E-state index contributed by atoms with van der Waals surface area (Å²) in [5, 5.41) is 0.778. The van der Waals surface area contributed by atoms with E-state index in [0.717, 1.165) is 53.7 Å². The predicted molar refractivity (Wildman–Crippen MR) is 107 cm³/mol. The van der Waals surface area contributed by atoms with Gasteiger partial charge in [-0.25, -0.2) is 0 Å². The fourth-order valence-corrected chi connectivity index (χ4v) is 3.56. The van der Waals surface area contributed by atoms with E-state index in [-0.39, 0.29) is 6.10 Å². The maximum Gasteiger partial charge on any atom is 0.112 e. The van der Waals surface area contributed by atoms with Crippen LogP contribution in [-0.2, 0) is 17.7 Å². The molecule has 1 atom stereocenters. The normalized spacial score (nSPS) is 17.7. The van der Waals surface area contributed by atoms with Crippen molar-refractivity contribution in [1.29, 1.82) is 0 Å². The van der Waals surface area contributed by atoms with Crippen molar-refractivity contribution in [3.63, 3.8) is 0 Å². The maximum atomic E-state index is 6.29. The lowest BCUT2D eigenvalue weighted by Crippen LogP contribution is -2.38. The van der Waals surface area contributed by atoms with Gasteiger partial charge in [-0.1, -0.05) is 41.9 Å². The predicted octanol–water partition coefficient (Wildman–Crippen LogP) is 4.29. The zero-order valence-electron chi connectivity index (χ0n) is 15.1. The molecule has 1 aliphatic heterocycles. The van der Waals surface area contributed by atoms with Gasteiger partial charge in [0.05, 0.1) is 18.0 Å². The molecule has 0 saturated carbocycles. The summed E-state index contributed by atoms with van der Waals surface area (Å²) in [5.74, 6) is 0. The van der Waals surface area contributed by atoms with Crippen molar-refractivity contribution in [2.45, 2.75) is 19.1 Å². The van der Waals surface area contributed by atoms with Crippen molar-refractivity contribution < 1.29 is 4.74 Å². The van der Waals surface area contributed by atoms with Gasteiger partial charge in [0.15, 0.2) is 0 Å². The highest BCUT2D eigenvalue weighted by molar-refractivity contribution is 6.31. The van der Waals surface area contributed by atoms with Crippen LogP contribution in [0.1, 0.15) is 28.7 Å². The third kappa shape index (κ3) is 4.72. The molecule has 3 aromatic rings. The third-order valence-corrected chi connectivity index (χ3v) is 5.12. The van der Waals surface area contributed by atoms with Gasteiger partial charge < -0.3 is 4.74 Å². The van der Waals surface area contributed by atoms with Crippen LogP contribution in [0.4, 0.5) is 0 Å². The Morgan fingerprint density at radius 2 is 1.85 bits per heavy atom. The summed E-state index contributed by atoms with van der Waals surface area (Å²) in [6.07, 6.45) is 2.54. The summed E-state index contributed by atoms with van der Waals surface area (Å²) >= 11 is 6.29. The Morgan fingerprint density at radius 1 is 1.00 bits per heavy atom. The summed E-state index contributed by atoms with van der Waals surface area (Å²) in [6, 6.07) is 20.1. The van der Waals surface area contributed by atoms with Crippen LogP contribution < -0.4 is 0 Å². The van der Waals surface area contributed by atoms with Crippen molar-refractivity contribution in [2.24, 2.45) is 0 Å². The maximum absolute atomic E-state index is 6.29. The zero-order chi connectivity index (χ0) is 18.5. The molecule has 1 fully saturated rings. The van der Waals surface area contributed by atoms with Crippen molar-refractivity contribution in [3.05, 3.63) is 94.5 Å². The molecule has 0 N–H and O–H groups in total. The summed E-state index contributed by atoms with van der Waals surface area (Å²) in [4.78, 5) is 11.7. The molecule has 0 aliphatic carbocycles. The van der Waals surface area contributed by atoms with E-state index in [0.29, 0.717) is 6.61 Å². The summed E-state index contributed by atoms with van der Waals surface area (Å²) in [6.45, 7) is 3.26.